The van der Waals surface area contributed by atoms with Gasteiger partial charge < -0.3 is 9.64 Å². The molecule has 0 aromatic heterocycles. The van der Waals surface area contributed by atoms with Gasteiger partial charge in [0.1, 0.15) is 0 Å². The fraction of sp³-hybridized carbons (Fsp3) is 0.364. The van der Waals surface area contributed by atoms with E-state index in [4.69, 9.17) is 4.74 Å². The van der Waals surface area contributed by atoms with Crippen LogP contribution in [0.3, 0.4) is 0 Å². The topological polar surface area (TPSA) is 29.5 Å². The summed E-state index contributed by atoms with van der Waals surface area (Å²) in [5.41, 5.74) is 0.704. The van der Waals surface area contributed by atoms with Crippen molar-refractivity contribution in [3.63, 3.8) is 0 Å². The van der Waals surface area contributed by atoms with Crippen molar-refractivity contribution in [3.8, 4) is 5.75 Å². The molecule has 0 unspecified atom stereocenters. The zero-order valence-corrected chi connectivity index (χ0v) is 8.50. The first-order chi connectivity index (χ1) is 7.22. The van der Waals surface area contributed by atoms with Crippen molar-refractivity contribution in [1.29, 1.82) is 0 Å². The van der Waals surface area contributed by atoms with Crippen molar-refractivity contribution >= 4 is 11.6 Å². The number of nitrogens with zero attached hydrogens (tertiary/aromatic N) is 1. The third kappa shape index (κ3) is 1.79. The fourth-order valence-electron chi connectivity index (χ4n) is 1.74. The van der Waals surface area contributed by atoms with Crippen LogP contribution >= 0.6 is 0 Å². The molecule has 1 heterocycles. The summed E-state index contributed by atoms with van der Waals surface area (Å²) in [4.78, 5) is 13.1. The highest BCUT2D eigenvalue weighted by atomic mass is 19.1. The summed E-state index contributed by atoms with van der Waals surface area (Å²) in [5.74, 6) is -0.149. The van der Waals surface area contributed by atoms with Gasteiger partial charge >= 0.3 is 0 Å². The maximum atomic E-state index is 13.1. The zero-order valence-electron chi connectivity index (χ0n) is 8.50. The largest absolute Gasteiger partial charge is 0.494 e. The van der Waals surface area contributed by atoms with E-state index in [1.165, 1.54) is 13.2 Å². The van der Waals surface area contributed by atoms with E-state index >= 15 is 0 Å². The Labute approximate surface area is 87.5 Å². The number of rotatable bonds is 2. The van der Waals surface area contributed by atoms with Gasteiger partial charge in [0.05, 0.1) is 7.11 Å². The lowest BCUT2D eigenvalue weighted by Crippen LogP contribution is -2.23. The number of hydrogen-bond donors (Lipinski definition) is 0. The summed E-state index contributed by atoms with van der Waals surface area (Å²) in [6.07, 6.45) is 1.43. The molecule has 1 saturated heterocycles. The zero-order chi connectivity index (χ0) is 10.8. The van der Waals surface area contributed by atoms with E-state index < -0.39 is 5.82 Å². The minimum atomic E-state index is -0.409. The SMILES string of the molecule is COc1cc(N2CCCC2=O)ccc1F. The third-order valence-corrected chi connectivity index (χ3v) is 2.52. The molecule has 0 saturated carbocycles. The highest BCUT2D eigenvalue weighted by Crippen LogP contribution is 2.27. The number of methoxy groups -OCH3 is 1. The Morgan fingerprint density at radius 3 is 2.87 bits per heavy atom. The van der Waals surface area contributed by atoms with Gasteiger partial charge in [0.15, 0.2) is 11.6 Å². The first-order valence-electron chi connectivity index (χ1n) is 4.86. The van der Waals surface area contributed by atoms with Gasteiger partial charge in [-0.1, -0.05) is 0 Å². The lowest BCUT2D eigenvalue weighted by atomic mass is 10.2. The second-order valence-electron chi connectivity index (χ2n) is 3.47. The molecule has 4 heteroatoms. The molecule has 2 rings (SSSR count). The quantitative estimate of drug-likeness (QED) is 0.745. The Bertz CT molecular complexity index is 392. The van der Waals surface area contributed by atoms with Gasteiger partial charge in [-0.25, -0.2) is 4.39 Å². The highest BCUT2D eigenvalue weighted by Gasteiger charge is 2.22. The molecule has 1 aromatic carbocycles. The Kier molecular flexibility index (Phi) is 2.58. The Hall–Kier alpha value is -1.58. The molecule has 0 bridgehead atoms. The Morgan fingerprint density at radius 1 is 1.47 bits per heavy atom. The maximum absolute atomic E-state index is 13.1. The van der Waals surface area contributed by atoms with E-state index in [1.54, 1.807) is 17.0 Å². The van der Waals surface area contributed by atoms with Crippen LogP contribution in [0.2, 0.25) is 0 Å². The number of anilines is 1. The normalized spacial score (nSPS) is 15.9. The van der Waals surface area contributed by atoms with Gasteiger partial charge in [0, 0.05) is 24.7 Å². The Balaban J connectivity index is 2.32. The second kappa shape index (κ2) is 3.88. The summed E-state index contributed by atoms with van der Waals surface area (Å²) in [6.45, 7) is 0.702. The average molecular weight is 209 g/mol. The summed E-state index contributed by atoms with van der Waals surface area (Å²) in [6, 6.07) is 4.47. The highest BCUT2D eigenvalue weighted by molar-refractivity contribution is 5.95. The van der Waals surface area contributed by atoms with E-state index in [1.807, 2.05) is 0 Å². The molecule has 0 aliphatic carbocycles. The van der Waals surface area contributed by atoms with E-state index in [2.05, 4.69) is 0 Å². The minimum absolute atomic E-state index is 0.0867. The van der Waals surface area contributed by atoms with Gasteiger partial charge in [0.2, 0.25) is 5.91 Å². The van der Waals surface area contributed by atoms with Crippen LogP contribution in [0.5, 0.6) is 5.75 Å². The van der Waals surface area contributed by atoms with Crippen LogP contribution in [-0.4, -0.2) is 19.6 Å². The molecule has 1 aliphatic heterocycles. The van der Waals surface area contributed by atoms with Crippen molar-refractivity contribution in [2.75, 3.05) is 18.6 Å². The lowest BCUT2D eigenvalue weighted by molar-refractivity contribution is -0.117. The van der Waals surface area contributed by atoms with E-state index in [-0.39, 0.29) is 11.7 Å². The van der Waals surface area contributed by atoms with Crippen molar-refractivity contribution in [2.24, 2.45) is 0 Å². The summed E-state index contributed by atoms with van der Waals surface area (Å²) in [7, 11) is 1.41. The van der Waals surface area contributed by atoms with Crippen LogP contribution in [-0.2, 0) is 4.79 Å². The van der Waals surface area contributed by atoms with E-state index in [0.717, 1.165) is 6.42 Å². The summed E-state index contributed by atoms with van der Waals surface area (Å²) >= 11 is 0. The predicted molar refractivity (Wildman–Crippen MR) is 54.5 cm³/mol. The standard InChI is InChI=1S/C11H12FNO2/c1-15-10-7-8(4-5-9(10)12)13-6-2-3-11(13)14/h4-5,7H,2-3,6H2,1H3. The summed E-state index contributed by atoms with van der Waals surface area (Å²) < 4.78 is 18.0. The first kappa shape index (κ1) is 9.96. The van der Waals surface area contributed by atoms with Gasteiger partial charge in [-0.05, 0) is 18.6 Å². The fourth-order valence-corrected chi connectivity index (χ4v) is 1.74. The van der Waals surface area contributed by atoms with Gasteiger partial charge in [-0.2, -0.15) is 0 Å². The van der Waals surface area contributed by atoms with Crippen molar-refractivity contribution < 1.29 is 13.9 Å². The molecule has 1 aromatic rings. The molecule has 1 aliphatic rings. The molecule has 3 nitrogen and oxygen atoms in total. The van der Waals surface area contributed by atoms with Crippen molar-refractivity contribution in [3.05, 3.63) is 24.0 Å². The van der Waals surface area contributed by atoms with Crippen molar-refractivity contribution in [1.82, 2.24) is 0 Å². The number of amides is 1. The third-order valence-electron chi connectivity index (χ3n) is 2.52. The minimum Gasteiger partial charge on any atom is -0.494 e. The molecule has 80 valence electrons. The number of carbonyl (C=O) groups excluding carboxylic acids is 1. The number of hydrogen-bond acceptors (Lipinski definition) is 2. The second-order valence-corrected chi connectivity index (χ2v) is 3.47. The molecule has 1 fully saturated rings. The molecule has 15 heavy (non-hydrogen) atoms. The number of halogens is 1. The maximum Gasteiger partial charge on any atom is 0.227 e. The molecule has 0 spiro atoms. The van der Waals surface area contributed by atoms with Crippen LogP contribution in [0.1, 0.15) is 12.8 Å². The predicted octanol–water partition coefficient (Wildman–Crippen LogP) is 1.96. The first-order valence-corrected chi connectivity index (χ1v) is 4.86. The average Bonchev–Trinajstić information content (AvgIpc) is 2.65. The van der Waals surface area contributed by atoms with Crippen LogP contribution in [0.4, 0.5) is 10.1 Å². The van der Waals surface area contributed by atoms with Crippen LogP contribution in [0, 0.1) is 5.82 Å². The van der Waals surface area contributed by atoms with Crippen LogP contribution in [0.15, 0.2) is 18.2 Å². The van der Waals surface area contributed by atoms with E-state index in [0.29, 0.717) is 18.7 Å². The lowest BCUT2D eigenvalue weighted by Gasteiger charge is -2.16. The molecule has 0 atom stereocenters. The van der Waals surface area contributed by atoms with Gasteiger partial charge in [0.25, 0.3) is 0 Å². The van der Waals surface area contributed by atoms with Crippen molar-refractivity contribution in [2.45, 2.75) is 12.8 Å². The van der Waals surface area contributed by atoms with Gasteiger partial charge in [-0.15, -0.1) is 0 Å². The smallest absolute Gasteiger partial charge is 0.227 e. The molecular formula is C11H12FNO2. The molecule has 1 amide bonds. The number of benzene rings is 1. The summed E-state index contributed by atoms with van der Waals surface area (Å²) in [5, 5.41) is 0. The Morgan fingerprint density at radius 2 is 2.27 bits per heavy atom. The molecule has 0 radical (unpaired) electrons. The monoisotopic (exact) mass is 209 g/mol. The molecule has 0 N–H and O–H groups in total. The van der Waals surface area contributed by atoms with Crippen LogP contribution in [0.25, 0.3) is 0 Å². The molecular weight excluding hydrogens is 197 g/mol. The van der Waals surface area contributed by atoms with Gasteiger partial charge in [-0.3, -0.25) is 4.79 Å². The van der Waals surface area contributed by atoms with E-state index in [9.17, 15) is 9.18 Å². The number of carbonyl (C=O) groups is 1. The number of ether oxygens (including phenoxy) is 1. The van der Waals surface area contributed by atoms with Crippen LogP contribution < -0.4 is 9.64 Å².